The van der Waals surface area contributed by atoms with Gasteiger partial charge in [0.25, 0.3) is 0 Å². The van der Waals surface area contributed by atoms with Gasteiger partial charge in [-0.15, -0.1) is 0 Å². The van der Waals surface area contributed by atoms with E-state index in [2.05, 4.69) is 67.6 Å². The first-order chi connectivity index (χ1) is 6.50. The maximum atomic E-state index is 2.52. The predicted octanol–water partition coefficient (Wildman–Crippen LogP) is 3.80. The summed E-state index contributed by atoms with van der Waals surface area (Å²) in [5, 5.41) is 1.50. The molecule has 1 aromatic heterocycles. The summed E-state index contributed by atoms with van der Waals surface area (Å²) in [6.45, 7) is 6.99. The van der Waals surface area contributed by atoms with E-state index in [-0.39, 0.29) is 20.4 Å². The Hall–Kier alpha value is 0.480. The molecule has 0 amide bonds. The number of hydrogen-bond acceptors (Lipinski definition) is 0. The molecule has 2 heteroatoms. The Morgan fingerprint density at radius 3 is 2.36 bits per heavy atom. The Kier molecular flexibility index (Phi) is 2.99. The number of halogens is 1. The van der Waals surface area contributed by atoms with Crippen LogP contribution in [0.2, 0.25) is 0 Å². The first kappa shape index (κ1) is 11.0. The third kappa shape index (κ3) is 1.89. The minimum atomic E-state index is -0.0901. The summed E-state index contributed by atoms with van der Waals surface area (Å²) >= 11 is 2.43. The molecular formula is C12H13ITe. The van der Waals surface area contributed by atoms with E-state index in [1.54, 1.807) is 6.98 Å². The van der Waals surface area contributed by atoms with E-state index in [0.717, 1.165) is 0 Å². The summed E-state index contributed by atoms with van der Waals surface area (Å²) < 4.78 is 4.85. The van der Waals surface area contributed by atoms with Crippen molar-refractivity contribution in [2.24, 2.45) is 0 Å². The molecule has 0 N–H and O–H groups in total. The third-order valence-electron chi connectivity index (χ3n) is 2.22. The van der Waals surface area contributed by atoms with Crippen molar-refractivity contribution >= 4 is 51.8 Å². The molecule has 1 heterocycles. The summed E-state index contributed by atoms with van der Waals surface area (Å²) in [5.41, 5.74) is 0.359. The molecule has 74 valence electrons. The molecule has 0 fully saturated rings. The number of benzene rings is 1. The fourth-order valence-electron chi connectivity index (χ4n) is 1.50. The molecule has 1 aromatic carbocycles. The zero-order valence-electron chi connectivity index (χ0n) is 8.60. The number of hydrogen-bond donors (Lipinski definition) is 0. The van der Waals surface area contributed by atoms with Crippen molar-refractivity contribution in [2.75, 3.05) is 0 Å². The van der Waals surface area contributed by atoms with Gasteiger partial charge in [-0.25, -0.2) is 0 Å². The summed E-state index contributed by atoms with van der Waals surface area (Å²) in [4.78, 5) is 0. The maximum absolute atomic E-state index is 2.52. The van der Waals surface area contributed by atoms with Gasteiger partial charge in [0.2, 0.25) is 0 Å². The molecule has 0 atom stereocenters. The molecule has 0 spiro atoms. The monoisotopic (exact) mass is 414 g/mol. The second-order valence-electron chi connectivity index (χ2n) is 4.49. The van der Waals surface area contributed by atoms with Gasteiger partial charge in [-0.3, -0.25) is 0 Å². The van der Waals surface area contributed by atoms with Crippen molar-refractivity contribution in [1.29, 1.82) is 0 Å². The molecule has 0 aliphatic carbocycles. The topological polar surface area (TPSA) is 0 Å². The summed E-state index contributed by atoms with van der Waals surface area (Å²) in [7, 11) is 0. The van der Waals surface area contributed by atoms with Crippen molar-refractivity contribution in [3.8, 4) is 0 Å². The van der Waals surface area contributed by atoms with Gasteiger partial charge in [0.05, 0.1) is 0 Å². The van der Waals surface area contributed by atoms with Crippen LogP contribution in [0, 0.1) is 3.57 Å². The molecule has 0 nitrogen and oxygen atoms in total. The van der Waals surface area contributed by atoms with Crippen LogP contribution in [0.4, 0.5) is 0 Å². The Morgan fingerprint density at radius 2 is 1.79 bits per heavy atom. The van der Waals surface area contributed by atoms with Crippen molar-refractivity contribution < 1.29 is 0 Å². The Bertz CT molecular complexity index is 463. The molecule has 0 bridgehead atoms. The average molecular weight is 412 g/mol. The average Bonchev–Trinajstić information content (AvgIpc) is 2.44. The fraction of sp³-hybridized carbons (Fsp3) is 0.333. The van der Waals surface area contributed by atoms with Crippen LogP contribution in [-0.4, -0.2) is 20.4 Å². The Morgan fingerprint density at radius 1 is 1.14 bits per heavy atom. The summed E-state index contributed by atoms with van der Waals surface area (Å²) in [6.07, 6.45) is 0. The first-order valence-corrected chi connectivity index (χ1v) is 8.08. The van der Waals surface area contributed by atoms with Crippen LogP contribution in [-0.2, 0) is 5.41 Å². The van der Waals surface area contributed by atoms with Crippen LogP contribution < -0.4 is 0 Å². The van der Waals surface area contributed by atoms with Crippen molar-refractivity contribution in [3.63, 3.8) is 0 Å². The molecule has 2 aromatic rings. The van der Waals surface area contributed by atoms with E-state index in [9.17, 15) is 0 Å². The van der Waals surface area contributed by atoms with Gasteiger partial charge in [0.15, 0.2) is 0 Å². The molecule has 0 aliphatic heterocycles. The van der Waals surface area contributed by atoms with E-state index < -0.39 is 0 Å². The van der Waals surface area contributed by atoms with Crippen molar-refractivity contribution in [2.45, 2.75) is 26.2 Å². The summed E-state index contributed by atoms with van der Waals surface area (Å²) in [5.74, 6) is 0. The molecule has 0 aliphatic rings. The molecule has 0 radical (unpaired) electrons. The second-order valence-corrected chi connectivity index (χ2v) is 8.57. The van der Waals surface area contributed by atoms with Crippen LogP contribution in [0.1, 0.15) is 24.4 Å². The Labute approximate surface area is 108 Å². The van der Waals surface area contributed by atoms with Crippen LogP contribution in [0.3, 0.4) is 0 Å². The van der Waals surface area contributed by atoms with Gasteiger partial charge in [0, 0.05) is 0 Å². The zero-order chi connectivity index (χ0) is 10.3. The third-order valence-corrected chi connectivity index (χ3v) is 9.03. The fourth-order valence-corrected chi connectivity index (χ4v) is 7.37. The van der Waals surface area contributed by atoms with Gasteiger partial charge in [0.1, 0.15) is 0 Å². The molecule has 0 saturated carbocycles. The van der Waals surface area contributed by atoms with Crippen LogP contribution in [0.25, 0.3) is 8.79 Å². The first-order valence-electron chi connectivity index (χ1n) is 4.67. The van der Waals surface area contributed by atoms with E-state index >= 15 is 0 Å². The summed E-state index contributed by atoms with van der Waals surface area (Å²) in [6, 6.07) is 8.88. The standard InChI is InChI=1S/C12H13ITe/c1-12(2,3)11-10(13)8-6-4-5-7-9(8)14-11/h4-7H,1-3H3. The van der Waals surface area contributed by atoms with Gasteiger partial charge in [-0.05, 0) is 0 Å². The molecular weight excluding hydrogens is 399 g/mol. The van der Waals surface area contributed by atoms with Crippen LogP contribution in [0.15, 0.2) is 24.3 Å². The van der Waals surface area contributed by atoms with E-state index in [1.165, 1.54) is 8.96 Å². The Balaban J connectivity index is 2.75. The van der Waals surface area contributed by atoms with E-state index in [0.29, 0.717) is 5.41 Å². The normalized spacial score (nSPS) is 12.3. The van der Waals surface area contributed by atoms with Gasteiger partial charge < -0.3 is 0 Å². The van der Waals surface area contributed by atoms with E-state index in [1.807, 2.05) is 0 Å². The van der Waals surface area contributed by atoms with Gasteiger partial charge in [-0.2, -0.15) is 0 Å². The van der Waals surface area contributed by atoms with Gasteiger partial charge in [-0.1, -0.05) is 0 Å². The SMILES string of the molecule is CC(C)(C)c1[te]c2ccccc2c1I. The number of rotatable bonds is 0. The molecule has 0 saturated heterocycles. The quantitative estimate of drug-likeness (QED) is 0.457. The minimum absolute atomic E-state index is 0.0901. The molecule has 14 heavy (non-hydrogen) atoms. The second kappa shape index (κ2) is 3.81. The molecule has 2 rings (SSSR count). The van der Waals surface area contributed by atoms with Crippen molar-refractivity contribution in [3.05, 3.63) is 31.4 Å². The van der Waals surface area contributed by atoms with Crippen LogP contribution in [0.5, 0.6) is 0 Å². The zero-order valence-corrected chi connectivity index (χ0v) is 13.1. The van der Waals surface area contributed by atoms with E-state index in [4.69, 9.17) is 0 Å². The van der Waals surface area contributed by atoms with Crippen molar-refractivity contribution in [1.82, 2.24) is 0 Å². The number of fused-ring (bicyclic) bond motifs is 1. The predicted molar refractivity (Wildman–Crippen MR) is 72.3 cm³/mol. The molecule has 0 unspecified atom stereocenters. The van der Waals surface area contributed by atoms with Crippen LogP contribution >= 0.6 is 22.6 Å². The van der Waals surface area contributed by atoms with Gasteiger partial charge >= 0.3 is 109 Å².